The average Bonchev–Trinajstić information content (AvgIpc) is 2.50. The summed E-state index contributed by atoms with van der Waals surface area (Å²) in [6.45, 7) is 7.12. The van der Waals surface area contributed by atoms with E-state index in [-0.39, 0.29) is 12.4 Å². The standard InChI is InChI=1S/C18H26FNO/c1-3-5-11-20(12-6-4-2)15-16-9-10-18(19)17(14-16)8-7-13-21/h9-10,14,21H,3-6,11-13,15H2,1-2H3. The fourth-order valence-corrected chi connectivity index (χ4v) is 2.19. The summed E-state index contributed by atoms with van der Waals surface area (Å²) in [7, 11) is 0. The zero-order valence-electron chi connectivity index (χ0n) is 13.2. The molecule has 116 valence electrons. The van der Waals surface area contributed by atoms with Crippen LogP contribution in [0.1, 0.15) is 50.7 Å². The molecule has 0 bridgehead atoms. The lowest BCUT2D eigenvalue weighted by atomic mass is 10.1. The van der Waals surface area contributed by atoms with Crippen molar-refractivity contribution >= 4 is 0 Å². The number of halogens is 1. The average molecular weight is 291 g/mol. The van der Waals surface area contributed by atoms with Crippen LogP contribution in [0.3, 0.4) is 0 Å². The second kappa shape index (κ2) is 10.4. The number of aliphatic hydroxyl groups is 1. The third kappa shape index (κ3) is 6.75. The Balaban J connectivity index is 2.77. The highest BCUT2D eigenvalue weighted by atomic mass is 19.1. The molecule has 0 unspecified atom stereocenters. The third-order valence-corrected chi connectivity index (χ3v) is 3.39. The molecule has 0 aliphatic rings. The molecule has 0 heterocycles. The molecule has 0 aliphatic heterocycles. The Bertz CT molecular complexity index is 468. The molecule has 0 aromatic heterocycles. The topological polar surface area (TPSA) is 23.5 Å². The molecule has 0 amide bonds. The lowest BCUT2D eigenvalue weighted by Gasteiger charge is -2.22. The van der Waals surface area contributed by atoms with Gasteiger partial charge in [0, 0.05) is 6.54 Å². The van der Waals surface area contributed by atoms with Crippen LogP contribution in [-0.2, 0) is 6.54 Å². The van der Waals surface area contributed by atoms with E-state index in [2.05, 4.69) is 30.6 Å². The van der Waals surface area contributed by atoms with Crippen molar-refractivity contribution in [3.63, 3.8) is 0 Å². The molecular weight excluding hydrogens is 265 g/mol. The maximum absolute atomic E-state index is 13.6. The van der Waals surface area contributed by atoms with Crippen molar-refractivity contribution in [3.05, 3.63) is 35.1 Å². The molecule has 0 spiro atoms. The lowest BCUT2D eigenvalue weighted by molar-refractivity contribution is 0.257. The van der Waals surface area contributed by atoms with E-state index in [0.717, 1.165) is 25.2 Å². The van der Waals surface area contributed by atoms with Gasteiger partial charge in [0.1, 0.15) is 12.4 Å². The summed E-state index contributed by atoms with van der Waals surface area (Å²) in [5.41, 5.74) is 1.44. The van der Waals surface area contributed by atoms with E-state index < -0.39 is 0 Å². The third-order valence-electron chi connectivity index (χ3n) is 3.39. The highest BCUT2D eigenvalue weighted by molar-refractivity contribution is 5.38. The Hall–Kier alpha value is -1.37. The highest BCUT2D eigenvalue weighted by Crippen LogP contribution is 2.13. The molecule has 1 aromatic rings. The lowest BCUT2D eigenvalue weighted by Crippen LogP contribution is -2.25. The summed E-state index contributed by atoms with van der Waals surface area (Å²) >= 11 is 0. The molecule has 2 nitrogen and oxygen atoms in total. The number of aliphatic hydroxyl groups excluding tert-OH is 1. The molecule has 1 rings (SSSR count). The Morgan fingerprint density at radius 1 is 1.14 bits per heavy atom. The van der Waals surface area contributed by atoms with E-state index in [9.17, 15) is 4.39 Å². The first kappa shape index (κ1) is 17.7. The Labute approximate surface area is 128 Å². The van der Waals surface area contributed by atoms with Gasteiger partial charge < -0.3 is 5.11 Å². The van der Waals surface area contributed by atoms with E-state index in [1.807, 2.05) is 6.07 Å². The second-order valence-electron chi connectivity index (χ2n) is 5.26. The van der Waals surface area contributed by atoms with Crippen LogP contribution in [0.15, 0.2) is 18.2 Å². The fraction of sp³-hybridized carbons (Fsp3) is 0.556. The van der Waals surface area contributed by atoms with Crippen LogP contribution in [0.2, 0.25) is 0 Å². The Morgan fingerprint density at radius 3 is 2.38 bits per heavy atom. The minimum atomic E-state index is -0.326. The van der Waals surface area contributed by atoms with Crippen molar-refractivity contribution in [3.8, 4) is 11.8 Å². The summed E-state index contributed by atoms with van der Waals surface area (Å²) < 4.78 is 13.6. The number of unbranched alkanes of at least 4 members (excludes halogenated alkanes) is 2. The summed E-state index contributed by atoms with van der Waals surface area (Å²) in [5, 5.41) is 8.72. The van der Waals surface area contributed by atoms with Gasteiger partial charge in [-0.1, -0.05) is 44.6 Å². The van der Waals surface area contributed by atoms with Crippen LogP contribution in [0.4, 0.5) is 4.39 Å². The molecular formula is C18H26FNO. The summed E-state index contributed by atoms with van der Waals surface area (Å²) in [4.78, 5) is 2.42. The first-order valence-corrected chi connectivity index (χ1v) is 7.81. The van der Waals surface area contributed by atoms with Crippen molar-refractivity contribution in [1.82, 2.24) is 4.90 Å². The molecule has 1 N–H and O–H groups in total. The monoisotopic (exact) mass is 291 g/mol. The van der Waals surface area contributed by atoms with Crippen LogP contribution in [0, 0.1) is 17.7 Å². The Kier molecular flexibility index (Phi) is 8.73. The number of nitrogens with zero attached hydrogens (tertiary/aromatic N) is 1. The molecule has 3 heteroatoms. The summed E-state index contributed by atoms with van der Waals surface area (Å²) in [5.74, 6) is 4.85. The number of benzene rings is 1. The quantitative estimate of drug-likeness (QED) is 0.740. The first-order chi connectivity index (χ1) is 10.2. The number of rotatable bonds is 8. The van der Waals surface area contributed by atoms with E-state index in [1.54, 1.807) is 6.07 Å². The van der Waals surface area contributed by atoms with E-state index >= 15 is 0 Å². The SMILES string of the molecule is CCCCN(CCCC)Cc1ccc(F)c(C#CCO)c1. The van der Waals surface area contributed by atoms with Crippen LogP contribution >= 0.6 is 0 Å². The van der Waals surface area contributed by atoms with Gasteiger partial charge in [0.05, 0.1) is 5.56 Å². The number of hydrogen-bond donors (Lipinski definition) is 1. The zero-order chi connectivity index (χ0) is 15.5. The predicted molar refractivity (Wildman–Crippen MR) is 85.5 cm³/mol. The van der Waals surface area contributed by atoms with E-state index in [0.29, 0.717) is 5.56 Å². The maximum Gasteiger partial charge on any atom is 0.138 e. The molecule has 0 aliphatic carbocycles. The van der Waals surface area contributed by atoms with Crippen LogP contribution < -0.4 is 0 Å². The molecule has 0 saturated heterocycles. The first-order valence-electron chi connectivity index (χ1n) is 7.81. The van der Waals surface area contributed by atoms with Gasteiger partial charge in [0.2, 0.25) is 0 Å². The molecule has 0 saturated carbocycles. The van der Waals surface area contributed by atoms with Gasteiger partial charge in [-0.05, 0) is 43.6 Å². The van der Waals surface area contributed by atoms with Crippen molar-refractivity contribution < 1.29 is 9.50 Å². The van der Waals surface area contributed by atoms with Crippen molar-refractivity contribution in [2.45, 2.75) is 46.1 Å². The van der Waals surface area contributed by atoms with Crippen molar-refractivity contribution in [1.29, 1.82) is 0 Å². The normalized spacial score (nSPS) is 10.5. The molecule has 21 heavy (non-hydrogen) atoms. The van der Waals surface area contributed by atoms with E-state index in [1.165, 1.54) is 31.7 Å². The van der Waals surface area contributed by atoms with Crippen LogP contribution in [-0.4, -0.2) is 29.7 Å². The zero-order valence-corrected chi connectivity index (χ0v) is 13.2. The maximum atomic E-state index is 13.6. The molecule has 0 fully saturated rings. The van der Waals surface area contributed by atoms with Gasteiger partial charge in [0.15, 0.2) is 0 Å². The summed E-state index contributed by atoms with van der Waals surface area (Å²) in [6, 6.07) is 5.09. The summed E-state index contributed by atoms with van der Waals surface area (Å²) in [6.07, 6.45) is 4.72. The van der Waals surface area contributed by atoms with Crippen molar-refractivity contribution in [2.75, 3.05) is 19.7 Å². The minimum Gasteiger partial charge on any atom is -0.384 e. The van der Waals surface area contributed by atoms with Gasteiger partial charge >= 0.3 is 0 Å². The molecule has 0 atom stereocenters. The highest BCUT2D eigenvalue weighted by Gasteiger charge is 2.07. The molecule has 1 aromatic carbocycles. The van der Waals surface area contributed by atoms with Crippen LogP contribution in [0.5, 0.6) is 0 Å². The predicted octanol–water partition coefficient (Wildman–Crippen LogP) is 3.57. The van der Waals surface area contributed by atoms with Gasteiger partial charge in [-0.15, -0.1) is 0 Å². The van der Waals surface area contributed by atoms with Gasteiger partial charge in [-0.25, -0.2) is 4.39 Å². The van der Waals surface area contributed by atoms with Crippen molar-refractivity contribution in [2.24, 2.45) is 0 Å². The van der Waals surface area contributed by atoms with Gasteiger partial charge in [-0.3, -0.25) is 4.90 Å². The minimum absolute atomic E-state index is 0.247. The van der Waals surface area contributed by atoms with Gasteiger partial charge in [0.25, 0.3) is 0 Å². The Morgan fingerprint density at radius 2 is 1.81 bits per heavy atom. The van der Waals surface area contributed by atoms with Crippen LogP contribution in [0.25, 0.3) is 0 Å². The van der Waals surface area contributed by atoms with Gasteiger partial charge in [-0.2, -0.15) is 0 Å². The largest absolute Gasteiger partial charge is 0.384 e. The smallest absolute Gasteiger partial charge is 0.138 e. The number of hydrogen-bond acceptors (Lipinski definition) is 2. The van der Waals surface area contributed by atoms with E-state index in [4.69, 9.17) is 5.11 Å². The fourth-order valence-electron chi connectivity index (χ4n) is 2.19. The second-order valence-corrected chi connectivity index (χ2v) is 5.26. The molecule has 0 radical (unpaired) electrons.